The fourth-order valence-electron chi connectivity index (χ4n) is 9.46. The molecule has 0 radical (unpaired) electrons. The second-order valence-corrected chi connectivity index (χ2v) is 20.6. The second kappa shape index (κ2) is 31.5. The summed E-state index contributed by atoms with van der Waals surface area (Å²) < 4.78 is 82.7. The van der Waals surface area contributed by atoms with E-state index in [1.54, 1.807) is 41.6 Å². The van der Waals surface area contributed by atoms with Crippen molar-refractivity contribution in [3.8, 4) is 11.4 Å². The molecule has 3 aromatic carbocycles. The summed E-state index contributed by atoms with van der Waals surface area (Å²) in [6, 6.07) is 21.3. The minimum absolute atomic E-state index is 0. The van der Waals surface area contributed by atoms with Crippen molar-refractivity contribution in [2.24, 2.45) is 17.4 Å². The van der Waals surface area contributed by atoms with E-state index >= 15 is 4.39 Å². The number of hydrogen-bond acceptors (Lipinski definition) is 23. The Morgan fingerprint density at radius 1 is 0.988 bits per heavy atom. The molecule has 32 heteroatoms. The van der Waals surface area contributed by atoms with E-state index in [1.807, 2.05) is 55.5 Å². The monoisotopic (exact) mass is 1220 g/mol. The van der Waals surface area contributed by atoms with Gasteiger partial charge in [-0.1, -0.05) is 19.1 Å². The number of esters is 1. The minimum atomic E-state index is -3.15. The van der Waals surface area contributed by atoms with Gasteiger partial charge in [0.1, 0.15) is 54.3 Å². The topological polar surface area (TPSA) is 369 Å². The van der Waals surface area contributed by atoms with Gasteiger partial charge in [-0.3, -0.25) is 9.69 Å². The predicted molar refractivity (Wildman–Crippen MR) is 294 cm³/mol. The van der Waals surface area contributed by atoms with Crippen molar-refractivity contribution >= 4 is 45.8 Å². The molecule has 0 saturated carbocycles. The summed E-state index contributed by atoms with van der Waals surface area (Å²) >= 11 is 0. The Morgan fingerprint density at radius 3 is 2.20 bits per heavy atom. The smallest absolute Gasteiger partial charge is 0.521 e. The Bertz CT molecular complexity index is 3170. The number of piperazine rings is 1. The molecule has 2 aliphatic heterocycles. The number of aromatic nitrogens is 7. The van der Waals surface area contributed by atoms with E-state index in [-0.39, 0.29) is 52.2 Å². The molecule has 3 aromatic heterocycles. The SMILES string of the molecule is CC[C@@H]([C@H](C)O)n1ncn(-c2ccc(N3CCN(c4ccc(OC[C@@H]5CO[C@@](Cn6c[n+](C(C)OC(=O)N(C)c7ncccc7COC(=O)[C@@H](N)CCCN)cn6)(c6ccc(F)cc6F)C5)cc4)CC3)cc2)c1=O.O=[P+]([O-])OO.O=[P+]([O-])O[O-].[HH].[HH]. The van der Waals surface area contributed by atoms with Crippen LogP contribution < -0.4 is 56.2 Å². The predicted octanol–water partition coefficient (Wildman–Crippen LogP) is 3.04. The van der Waals surface area contributed by atoms with Gasteiger partial charge in [0.15, 0.2) is 0 Å². The zero-order chi connectivity index (χ0) is 61.1. The van der Waals surface area contributed by atoms with Gasteiger partial charge in [-0.05, 0) is 109 Å². The number of aliphatic hydroxyl groups excluding tert-OH is 1. The number of amides is 1. The standard InChI is InChI=1S/C52H65F2N12O8.2HO4P.2H2/c1-5-47(35(2)67)66-50(69)65(33-59-66)42-13-11-40(12-14-42)61-22-24-62(25-23-61)41-15-17-43(18-16-41)71-28-37-27-52(73-29-37,44-19-10-39(53)26-45(44)54)31-64-34-63(32-58-64)36(3)74-51(70)60(4)48-38(8-7-21-57-48)30-72-49(68)46(56)9-6-20-55;2*1-4-5(2)3;;/h7-8,10-19,21,26,32-37,46-47,67H,5-6,9,20,22-25,27-31,55-56H2,1-4H3;2*1H;2*1H/q+1;;;;/p-1/t35-,36?,37+,46-,47-,52-;;;;/m0..../s1. The van der Waals surface area contributed by atoms with Gasteiger partial charge in [0, 0.05) is 93.5 Å². The first-order valence-corrected chi connectivity index (χ1v) is 28.5. The largest absolute Gasteiger partial charge is 0.674 e. The van der Waals surface area contributed by atoms with Crippen molar-refractivity contribution in [1.29, 1.82) is 0 Å². The lowest BCUT2D eigenvalue weighted by Crippen LogP contribution is -2.46. The van der Waals surface area contributed by atoms with E-state index in [9.17, 15) is 23.9 Å². The summed E-state index contributed by atoms with van der Waals surface area (Å²) in [7, 11) is -4.71. The molecular weight excluding hydrogens is 1150 g/mol. The van der Waals surface area contributed by atoms with Crippen LogP contribution in [0.1, 0.15) is 72.7 Å². The van der Waals surface area contributed by atoms with Crippen LogP contribution in [-0.2, 0) is 56.2 Å². The summed E-state index contributed by atoms with van der Waals surface area (Å²) in [6.07, 6.45) is 5.65. The molecule has 6 N–H and O–H groups in total. The molecule has 2 aliphatic rings. The average molecular weight is 1220 g/mol. The average Bonchev–Trinajstić information content (AvgIpc) is 1.92. The molecule has 28 nitrogen and oxygen atoms in total. The first-order valence-electron chi connectivity index (χ1n) is 26.3. The number of pyridine rings is 1. The van der Waals surface area contributed by atoms with Gasteiger partial charge in [0.2, 0.25) is 12.6 Å². The Balaban J connectivity index is 0.00000122. The number of rotatable bonds is 23. The van der Waals surface area contributed by atoms with E-state index in [2.05, 4.69) is 34.3 Å². The third-order valence-corrected chi connectivity index (χ3v) is 14.0. The van der Waals surface area contributed by atoms with Crippen molar-refractivity contribution in [3.63, 3.8) is 0 Å². The number of carbonyl (C=O) groups is 2. The molecule has 8 atom stereocenters. The van der Waals surface area contributed by atoms with Crippen LogP contribution in [-0.4, -0.2) is 117 Å². The number of nitrogens with two attached hydrogens (primary N) is 2. The van der Waals surface area contributed by atoms with Crippen molar-refractivity contribution in [1.82, 2.24) is 29.1 Å². The van der Waals surface area contributed by atoms with Crippen LogP contribution in [0.2, 0.25) is 0 Å². The lowest BCUT2D eigenvalue weighted by atomic mass is 9.87. The molecule has 6 aromatic rings. The molecular formula is C52H70F2N12O16P2. The van der Waals surface area contributed by atoms with Crippen LogP contribution in [0.5, 0.6) is 5.75 Å². The molecule has 84 heavy (non-hydrogen) atoms. The fourth-order valence-corrected chi connectivity index (χ4v) is 9.46. The highest BCUT2D eigenvalue weighted by molar-refractivity contribution is 7.30. The molecule has 2 saturated heterocycles. The Labute approximate surface area is 485 Å². The maximum absolute atomic E-state index is 15.6. The highest BCUT2D eigenvalue weighted by Gasteiger charge is 2.46. The maximum atomic E-state index is 15.6. The minimum Gasteiger partial charge on any atom is -0.674 e. The summed E-state index contributed by atoms with van der Waals surface area (Å²) in [5, 5.41) is 34.5. The van der Waals surface area contributed by atoms with Gasteiger partial charge < -0.3 is 60.4 Å². The van der Waals surface area contributed by atoms with E-state index in [0.717, 1.165) is 43.6 Å². The number of aliphatic hydroxyl groups is 1. The van der Waals surface area contributed by atoms with Gasteiger partial charge in [-0.2, -0.15) is 9.67 Å². The first-order chi connectivity index (χ1) is 40.2. The highest BCUT2D eigenvalue weighted by atomic mass is 31.1. The normalized spacial score (nSPS) is 17.6. The van der Waals surface area contributed by atoms with Crippen LogP contribution in [0.3, 0.4) is 0 Å². The number of halogens is 2. The Hall–Kier alpha value is -7.31. The third-order valence-electron chi connectivity index (χ3n) is 13.8. The summed E-state index contributed by atoms with van der Waals surface area (Å²) in [6.45, 7) is 9.22. The fraction of sp³-hybridized carbons (Fsp3) is 0.442. The first kappa shape index (κ1) is 65.8. The van der Waals surface area contributed by atoms with E-state index in [4.69, 9.17) is 59.8 Å². The third kappa shape index (κ3) is 17.9. The lowest BCUT2D eigenvalue weighted by molar-refractivity contribution is -0.753. The van der Waals surface area contributed by atoms with Crippen molar-refractivity contribution in [2.45, 2.75) is 89.6 Å². The van der Waals surface area contributed by atoms with Crippen LogP contribution in [0.15, 0.2) is 109 Å². The molecule has 2 fully saturated rings. The van der Waals surface area contributed by atoms with E-state index in [0.29, 0.717) is 49.2 Å². The zero-order valence-electron chi connectivity index (χ0n) is 46.3. The lowest BCUT2D eigenvalue weighted by Gasteiger charge is -2.37. The molecule has 3 unspecified atom stereocenters. The molecule has 458 valence electrons. The number of nitrogens with zero attached hydrogens (tertiary/aromatic N) is 10. The molecule has 0 aliphatic carbocycles. The Kier molecular flexibility index (Phi) is 24.7. The molecule has 5 heterocycles. The Morgan fingerprint density at radius 2 is 1.62 bits per heavy atom. The van der Waals surface area contributed by atoms with Gasteiger partial charge in [0.05, 0.1) is 31.0 Å². The molecule has 1 amide bonds. The highest BCUT2D eigenvalue weighted by Crippen LogP contribution is 2.42. The van der Waals surface area contributed by atoms with Crippen LogP contribution in [0.25, 0.3) is 5.69 Å². The van der Waals surface area contributed by atoms with Crippen molar-refractivity contribution < 1.29 is 88.6 Å². The maximum Gasteiger partial charge on any atom is 0.521 e. The van der Waals surface area contributed by atoms with Gasteiger partial charge in [-0.25, -0.2) is 42.5 Å². The van der Waals surface area contributed by atoms with Gasteiger partial charge in [0.25, 0.3) is 6.33 Å². The van der Waals surface area contributed by atoms with Gasteiger partial charge >= 0.3 is 34.3 Å². The summed E-state index contributed by atoms with van der Waals surface area (Å²) in [5.74, 6) is -1.32. The molecule has 0 bridgehead atoms. The number of anilines is 3. The molecule has 8 rings (SSSR count). The number of carbonyl (C=O) groups excluding carboxylic acids is 2. The van der Waals surface area contributed by atoms with Crippen molar-refractivity contribution in [3.05, 3.63) is 137 Å². The van der Waals surface area contributed by atoms with Crippen LogP contribution in [0, 0.1) is 17.6 Å². The summed E-state index contributed by atoms with van der Waals surface area (Å²) in [5.41, 5.74) is 13.4. The quantitative estimate of drug-likeness (QED) is 0.0235. The number of ether oxygens (including phenoxy) is 4. The van der Waals surface area contributed by atoms with Gasteiger partial charge in [-0.15, -0.1) is 4.68 Å². The van der Waals surface area contributed by atoms with E-state index < -0.39 is 70.2 Å². The summed E-state index contributed by atoms with van der Waals surface area (Å²) in [4.78, 5) is 66.9. The molecule has 0 spiro atoms. The van der Waals surface area contributed by atoms with E-state index in [1.165, 1.54) is 52.2 Å². The van der Waals surface area contributed by atoms with Crippen molar-refractivity contribution in [2.75, 3.05) is 67.7 Å². The van der Waals surface area contributed by atoms with Crippen LogP contribution >= 0.6 is 16.5 Å². The van der Waals surface area contributed by atoms with Crippen LogP contribution in [0.4, 0.5) is 30.8 Å². The number of hydrogen-bond donors (Lipinski definition) is 4. The number of benzene rings is 3. The zero-order valence-corrected chi connectivity index (χ0v) is 48.1. The second-order valence-electron chi connectivity index (χ2n) is 19.4.